The van der Waals surface area contributed by atoms with Gasteiger partial charge in [-0.1, -0.05) is 26.2 Å². The Balaban J connectivity index is 1.40. The maximum absolute atomic E-state index is 12.3. The summed E-state index contributed by atoms with van der Waals surface area (Å²) in [7, 11) is 0. The molecular formula is C20H38N4O2. The molecule has 3 aliphatic rings. The van der Waals surface area contributed by atoms with E-state index >= 15 is 0 Å². The van der Waals surface area contributed by atoms with Gasteiger partial charge in [-0.05, 0) is 38.1 Å². The Morgan fingerprint density at radius 1 is 1.08 bits per heavy atom. The highest BCUT2D eigenvalue weighted by Crippen LogP contribution is 2.33. The van der Waals surface area contributed by atoms with Gasteiger partial charge >= 0.3 is 6.03 Å². The van der Waals surface area contributed by atoms with Gasteiger partial charge in [0.1, 0.15) is 0 Å². The predicted octanol–water partition coefficient (Wildman–Crippen LogP) is 2.05. The minimum Gasteiger partial charge on any atom is -0.379 e. The van der Waals surface area contributed by atoms with E-state index in [0.29, 0.717) is 0 Å². The molecule has 2 aliphatic heterocycles. The zero-order valence-corrected chi connectivity index (χ0v) is 16.6. The first-order chi connectivity index (χ1) is 12.7. The molecule has 0 spiro atoms. The molecule has 1 saturated carbocycles. The van der Waals surface area contributed by atoms with Crippen LogP contribution >= 0.6 is 0 Å². The second-order valence-electron chi connectivity index (χ2n) is 8.54. The Hall–Kier alpha value is -0.850. The van der Waals surface area contributed by atoms with Gasteiger partial charge in [0.2, 0.25) is 0 Å². The van der Waals surface area contributed by atoms with E-state index in [1.165, 1.54) is 58.0 Å². The van der Waals surface area contributed by atoms with Gasteiger partial charge in [-0.3, -0.25) is 4.90 Å². The van der Waals surface area contributed by atoms with Crippen LogP contribution in [-0.4, -0.2) is 80.4 Å². The van der Waals surface area contributed by atoms with Crippen LogP contribution in [-0.2, 0) is 4.74 Å². The van der Waals surface area contributed by atoms with Crippen LogP contribution in [0.15, 0.2) is 0 Å². The van der Waals surface area contributed by atoms with Gasteiger partial charge in [-0.2, -0.15) is 0 Å². The molecule has 150 valence electrons. The predicted molar refractivity (Wildman–Crippen MR) is 104 cm³/mol. The number of carbonyl (C=O) groups is 1. The van der Waals surface area contributed by atoms with Gasteiger partial charge in [0.05, 0.1) is 13.2 Å². The minimum atomic E-state index is -0.00624. The first-order valence-electron chi connectivity index (χ1n) is 10.7. The van der Waals surface area contributed by atoms with Crippen LogP contribution in [0.1, 0.15) is 51.9 Å². The number of nitrogens with zero attached hydrogens (tertiary/aromatic N) is 2. The Labute approximate surface area is 159 Å². The first-order valence-corrected chi connectivity index (χ1v) is 10.7. The van der Waals surface area contributed by atoms with E-state index in [4.69, 9.17) is 4.74 Å². The van der Waals surface area contributed by atoms with Gasteiger partial charge in [0, 0.05) is 44.8 Å². The molecule has 0 aromatic rings. The van der Waals surface area contributed by atoms with Crippen molar-refractivity contribution in [3.05, 3.63) is 0 Å². The van der Waals surface area contributed by atoms with Crippen molar-refractivity contribution in [1.29, 1.82) is 0 Å². The molecule has 0 radical (unpaired) electrons. The molecule has 2 N–H and O–H groups in total. The summed E-state index contributed by atoms with van der Waals surface area (Å²) in [5, 5.41) is 6.26. The number of rotatable bonds is 6. The van der Waals surface area contributed by atoms with Crippen molar-refractivity contribution in [2.24, 2.45) is 5.92 Å². The smallest absolute Gasteiger partial charge is 0.314 e. The zero-order chi connectivity index (χ0) is 18.2. The largest absolute Gasteiger partial charge is 0.379 e. The highest BCUT2D eigenvalue weighted by Gasteiger charge is 2.38. The molecule has 26 heavy (non-hydrogen) atoms. The second kappa shape index (κ2) is 9.90. The molecule has 1 aliphatic carbocycles. The molecule has 2 saturated heterocycles. The van der Waals surface area contributed by atoms with Crippen LogP contribution in [0.2, 0.25) is 0 Å². The van der Waals surface area contributed by atoms with Crippen molar-refractivity contribution in [3.63, 3.8) is 0 Å². The van der Waals surface area contributed by atoms with Gasteiger partial charge in [-0.25, -0.2) is 4.79 Å². The summed E-state index contributed by atoms with van der Waals surface area (Å²) in [5.74, 6) is 0.789. The number of hydrogen-bond acceptors (Lipinski definition) is 4. The summed E-state index contributed by atoms with van der Waals surface area (Å²) in [6, 6.07) is -0.00624. The Bertz CT molecular complexity index is 434. The van der Waals surface area contributed by atoms with Crippen LogP contribution in [0.3, 0.4) is 0 Å². The summed E-state index contributed by atoms with van der Waals surface area (Å²) in [6.45, 7) is 10.8. The molecule has 1 unspecified atom stereocenters. The molecule has 6 heteroatoms. The fourth-order valence-electron chi connectivity index (χ4n) is 4.98. The van der Waals surface area contributed by atoms with E-state index in [9.17, 15) is 4.79 Å². The minimum absolute atomic E-state index is 0.00624. The van der Waals surface area contributed by atoms with Crippen molar-refractivity contribution in [1.82, 2.24) is 20.4 Å². The standard InChI is InChI=1S/C20H38N4O2/c1-18-6-5-10-23(16-18)11-9-21-19(25)22-17-20(7-3-2-4-8-20)24-12-14-26-15-13-24/h18H,2-17H2,1H3,(H2,21,22,25). The monoisotopic (exact) mass is 366 g/mol. The highest BCUT2D eigenvalue weighted by atomic mass is 16.5. The molecule has 0 bridgehead atoms. The number of hydrogen-bond donors (Lipinski definition) is 2. The van der Waals surface area contributed by atoms with E-state index in [2.05, 4.69) is 27.4 Å². The molecule has 1 atom stereocenters. The number of amides is 2. The van der Waals surface area contributed by atoms with Crippen LogP contribution in [0.5, 0.6) is 0 Å². The first kappa shape index (κ1) is 19.9. The Kier molecular flexibility index (Phi) is 7.58. The Morgan fingerprint density at radius 2 is 1.85 bits per heavy atom. The van der Waals surface area contributed by atoms with Gasteiger partial charge in [0.15, 0.2) is 0 Å². The molecular weight excluding hydrogens is 328 g/mol. The summed E-state index contributed by atoms with van der Waals surface area (Å²) in [5.41, 5.74) is 0.141. The molecule has 0 aromatic heterocycles. The summed E-state index contributed by atoms with van der Waals surface area (Å²) in [4.78, 5) is 17.4. The van der Waals surface area contributed by atoms with Gasteiger partial charge < -0.3 is 20.3 Å². The lowest BCUT2D eigenvalue weighted by Gasteiger charge is -2.48. The fourth-order valence-corrected chi connectivity index (χ4v) is 4.98. The maximum Gasteiger partial charge on any atom is 0.314 e. The third kappa shape index (κ3) is 5.57. The summed E-state index contributed by atoms with van der Waals surface area (Å²) < 4.78 is 5.53. The van der Waals surface area contributed by atoms with Crippen LogP contribution in [0, 0.1) is 5.92 Å². The van der Waals surface area contributed by atoms with Crippen LogP contribution in [0.4, 0.5) is 4.79 Å². The number of morpholine rings is 1. The van der Waals surface area contributed by atoms with E-state index < -0.39 is 0 Å². The highest BCUT2D eigenvalue weighted by molar-refractivity contribution is 5.73. The van der Waals surface area contributed by atoms with Gasteiger partial charge in [-0.15, -0.1) is 0 Å². The summed E-state index contributed by atoms with van der Waals surface area (Å²) >= 11 is 0. The van der Waals surface area contributed by atoms with Gasteiger partial charge in [0.25, 0.3) is 0 Å². The normalized spacial score (nSPS) is 27.8. The lowest BCUT2D eigenvalue weighted by atomic mass is 9.80. The summed E-state index contributed by atoms with van der Waals surface area (Å²) in [6.07, 6.45) is 8.88. The van der Waals surface area contributed by atoms with Crippen molar-refractivity contribution in [2.45, 2.75) is 57.4 Å². The topological polar surface area (TPSA) is 56.8 Å². The second-order valence-corrected chi connectivity index (χ2v) is 8.54. The fraction of sp³-hybridized carbons (Fsp3) is 0.950. The number of nitrogens with one attached hydrogen (secondary N) is 2. The number of carbonyl (C=O) groups excluding carboxylic acids is 1. The quantitative estimate of drug-likeness (QED) is 0.755. The van der Waals surface area contributed by atoms with E-state index in [-0.39, 0.29) is 11.6 Å². The SMILES string of the molecule is CC1CCCN(CCNC(=O)NCC2(N3CCOCC3)CCCCC2)C1. The van der Waals surface area contributed by atoms with E-state index in [0.717, 1.165) is 51.9 Å². The molecule has 3 fully saturated rings. The molecule has 0 aromatic carbocycles. The molecule has 6 nitrogen and oxygen atoms in total. The average Bonchev–Trinajstić information content (AvgIpc) is 2.68. The zero-order valence-electron chi connectivity index (χ0n) is 16.6. The third-order valence-electron chi connectivity index (χ3n) is 6.50. The molecule has 2 heterocycles. The van der Waals surface area contributed by atoms with Crippen molar-refractivity contribution in [3.8, 4) is 0 Å². The lowest BCUT2D eigenvalue weighted by molar-refractivity contribution is -0.0357. The number of piperidine rings is 1. The van der Waals surface area contributed by atoms with Crippen molar-refractivity contribution in [2.75, 3.05) is 59.0 Å². The molecule has 3 rings (SSSR count). The Morgan fingerprint density at radius 3 is 2.58 bits per heavy atom. The lowest BCUT2D eigenvalue weighted by Crippen LogP contribution is -2.60. The number of likely N-dealkylation sites (tertiary alicyclic amines) is 1. The average molecular weight is 367 g/mol. The van der Waals surface area contributed by atoms with E-state index in [1.54, 1.807) is 0 Å². The van der Waals surface area contributed by atoms with Crippen LogP contribution < -0.4 is 10.6 Å². The number of urea groups is 1. The van der Waals surface area contributed by atoms with Crippen LogP contribution in [0.25, 0.3) is 0 Å². The molecule has 2 amide bonds. The third-order valence-corrected chi connectivity index (χ3v) is 6.50. The van der Waals surface area contributed by atoms with Crippen molar-refractivity contribution >= 4 is 6.03 Å². The van der Waals surface area contributed by atoms with E-state index in [1.807, 2.05) is 0 Å². The number of ether oxygens (including phenoxy) is 1. The van der Waals surface area contributed by atoms with Crippen molar-refractivity contribution < 1.29 is 9.53 Å². The maximum atomic E-state index is 12.3.